The minimum Gasteiger partial charge on any atom is -0.506 e. The maximum atomic E-state index is 12.2. The third-order valence-corrected chi connectivity index (χ3v) is 4.27. The van der Waals surface area contributed by atoms with Gasteiger partial charge in [0.15, 0.2) is 0 Å². The summed E-state index contributed by atoms with van der Waals surface area (Å²) in [5.74, 6) is 0.299. The molecule has 7 heteroatoms. The summed E-state index contributed by atoms with van der Waals surface area (Å²) in [5.41, 5.74) is 0.945. The van der Waals surface area contributed by atoms with Crippen molar-refractivity contribution < 1.29 is 14.6 Å². The zero-order valence-corrected chi connectivity index (χ0v) is 15.4. The van der Waals surface area contributed by atoms with E-state index in [9.17, 15) is 9.90 Å². The summed E-state index contributed by atoms with van der Waals surface area (Å²) in [7, 11) is 0. The van der Waals surface area contributed by atoms with Crippen molar-refractivity contribution in [3.05, 3.63) is 49.9 Å². The van der Waals surface area contributed by atoms with Gasteiger partial charge in [-0.3, -0.25) is 4.79 Å². The number of anilines is 1. The zero-order valence-electron chi connectivity index (χ0n) is 11.5. The number of hydrogen-bond donors (Lipinski definition) is 2. The first kappa shape index (κ1) is 17.1. The molecule has 116 valence electrons. The van der Waals surface area contributed by atoms with Crippen LogP contribution in [0, 0.1) is 0 Å². The van der Waals surface area contributed by atoms with Gasteiger partial charge in [-0.15, -0.1) is 0 Å². The predicted octanol–water partition coefficient (Wildman–Crippen LogP) is 5.22. The molecule has 2 aromatic carbocycles. The predicted molar refractivity (Wildman–Crippen MR) is 94.1 cm³/mol. The molecule has 0 fully saturated rings. The van der Waals surface area contributed by atoms with Crippen LogP contribution in [-0.4, -0.2) is 17.6 Å². The molecule has 2 rings (SSSR count). The SMILES string of the molecule is CCOc1ccc(C(=O)Nc2cc(Br)c(O)c(Br)c2)cc1Cl. The number of carbonyl (C=O) groups excluding carboxylic acids is 1. The number of phenolic OH excluding ortho intramolecular Hbond substituents is 1. The molecule has 1 amide bonds. The van der Waals surface area contributed by atoms with Crippen molar-refractivity contribution in [3.63, 3.8) is 0 Å². The van der Waals surface area contributed by atoms with E-state index in [0.717, 1.165) is 0 Å². The van der Waals surface area contributed by atoms with Crippen molar-refractivity contribution in [1.82, 2.24) is 0 Å². The number of aromatic hydroxyl groups is 1. The Balaban J connectivity index is 2.21. The molecule has 22 heavy (non-hydrogen) atoms. The van der Waals surface area contributed by atoms with E-state index >= 15 is 0 Å². The van der Waals surface area contributed by atoms with E-state index in [-0.39, 0.29) is 11.7 Å². The fourth-order valence-electron chi connectivity index (χ4n) is 1.76. The van der Waals surface area contributed by atoms with Crippen molar-refractivity contribution in [2.24, 2.45) is 0 Å². The first-order chi connectivity index (χ1) is 10.4. The second-order valence-electron chi connectivity index (χ2n) is 4.32. The maximum absolute atomic E-state index is 12.2. The van der Waals surface area contributed by atoms with Crippen molar-refractivity contribution in [2.75, 3.05) is 11.9 Å². The van der Waals surface area contributed by atoms with E-state index in [0.29, 0.717) is 37.6 Å². The number of hydrogen-bond acceptors (Lipinski definition) is 3. The van der Waals surface area contributed by atoms with E-state index in [1.807, 2.05) is 6.92 Å². The molecule has 0 radical (unpaired) electrons. The molecule has 2 N–H and O–H groups in total. The summed E-state index contributed by atoms with van der Waals surface area (Å²) in [6, 6.07) is 8.05. The topological polar surface area (TPSA) is 58.6 Å². The Morgan fingerprint density at radius 1 is 1.27 bits per heavy atom. The Kier molecular flexibility index (Phi) is 5.72. The van der Waals surface area contributed by atoms with Crippen molar-refractivity contribution in [3.8, 4) is 11.5 Å². The molecule has 0 saturated heterocycles. The minimum atomic E-state index is -0.311. The fourth-order valence-corrected chi connectivity index (χ4v) is 3.18. The van der Waals surface area contributed by atoms with Gasteiger partial charge in [0.05, 0.1) is 20.6 Å². The molecule has 0 bridgehead atoms. The highest BCUT2D eigenvalue weighted by Crippen LogP contribution is 2.35. The second-order valence-corrected chi connectivity index (χ2v) is 6.44. The maximum Gasteiger partial charge on any atom is 0.255 e. The third kappa shape index (κ3) is 3.94. The van der Waals surface area contributed by atoms with Crippen LogP contribution in [0.5, 0.6) is 11.5 Å². The zero-order chi connectivity index (χ0) is 16.3. The van der Waals surface area contributed by atoms with E-state index < -0.39 is 0 Å². The first-order valence-corrected chi connectivity index (χ1v) is 8.30. The van der Waals surface area contributed by atoms with Crippen molar-refractivity contribution >= 4 is 55.1 Å². The van der Waals surface area contributed by atoms with Gasteiger partial charge in [0.1, 0.15) is 11.5 Å². The number of phenols is 1. The van der Waals surface area contributed by atoms with Gasteiger partial charge in [0, 0.05) is 11.3 Å². The van der Waals surface area contributed by atoms with E-state index in [2.05, 4.69) is 37.2 Å². The lowest BCUT2D eigenvalue weighted by molar-refractivity contribution is 0.102. The van der Waals surface area contributed by atoms with Gasteiger partial charge >= 0.3 is 0 Å². The molecule has 0 aromatic heterocycles. The summed E-state index contributed by atoms with van der Waals surface area (Å²) in [6.45, 7) is 2.36. The quantitative estimate of drug-likeness (QED) is 0.629. The highest BCUT2D eigenvalue weighted by Gasteiger charge is 2.12. The summed E-state index contributed by atoms with van der Waals surface area (Å²) in [5, 5.41) is 12.8. The van der Waals surface area contributed by atoms with Gasteiger partial charge in [-0.25, -0.2) is 0 Å². The molecule has 0 aliphatic rings. The van der Waals surface area contributed by atoms with E-state index in [4.69, 9.17) is 16.3 Å². The standard InChI is InChI=1S/C15H12Br2ClNO3/c1-2-22-13-4-3-8(5-12(13)18)15(21)19-9-6-10(16)14(20)11(17)7-9/h3-7,20H,2H2,1H3,(H,19,21). The molecule has 0 aliphatic heterocycles. The van der Waals surface area contributed by atoms with Crippen LogP contribution in [0.2, 0.25) is 5.02 Å². The van der Waals surface area contributed by atoms with Crippen LogP contribution < -0.4 is 10.1 Å². The first-order valence-electron chi connectivity index (χ1n) is 6.34. The molecular formula is C15H12Br2ClNO3. The smallest absolute Gasteiger partial charge is 0.255 e. The largest absolute Gasteiger partial charge is 0.506 e. The molecule has 0 heterocycles. The van der Waals surface area contributed by atoms with Gasteiger partial charge in [0.2, 0.25) is 0 Å². The van der Waals surface area contributed by atoms with Gasteiger partial charge in [0.25, 0.3) is 5.91 Å². The van der Waals surface area contributed by atoms with Crippen molar-refractivity contribution in [1.29, 1.82) is 0 Å². The van der Waals surface area contributed by atoms with E-state index in [1.54, 1.807) is 30.3 Å². The Hall–Kier alpha value is -1.24. The number of benzene rings is 2. The highest BCUT2D eigenvalue weighted by atomic mass is 79.9. The Morgan fingerprint density at radius 3 is 2.45 bits per heavy atom. The molecule has 4 nitrogen and oxygen atoms in total. The van der Waals surface area contributed by atoms with Gasteiger partial charge < -0.3 is 15.2 Å². The van der Waals surface area contributed by atoms with Crippen LogP contribution >= 0.6 is 43.5 Å². The van der Waals surface area contributed by atoms with Crippen LogP contribution in [0.1, 0.15) is 17.3 Å². The van der Waals surface area contributed by atoms with Crippen LogP contribution in [0.25, 0.3) is 0 Å². The lowest BCUT2D eigenvalue weighted by Crippen LogP contribution is -2.12. The number of ether oxygens (including phenoxy) is 1. The molecule has 2 aromatic rings. The lowest BCUT2D eigenvalue weighted by Gasteiger charge is -2.10. The Bertz CT molecular complexity index is 699. The van der Waals surface area contributed by atoms with Crippen LogP contribution in [-0.2, 0) is 0 Å². The normalized spacial score (nSPS) is 10.4. The highest BCUT2D eigenvalue weighted by molar-refractivity contribution is 9.11. The van der Waals surface area contributed by atoms with E-state index in [1.165, 1.54) is 0 Å². The molecule has 0 spiro atoms. The van der Waals surface area contributed by atoms with Gasteiger partial charge in [-0.05, 0) is 69.1 Å². The van der Waals surface area contributed by atoms with Gasteiger partial charge in [-0.2, -0.15) is 0 Å². The number of nitrogens with one attached hydrogen (secondary N) is 1. The number of halogens is 3. The average molecular weight is 450 g/mol. The second kappa shape index (κ2) is 7.35. The van der Waals surface area contributed by atoms with Gasteiger partial charge in [-0.1, -0.05) is 11.6 Å². The molecule has 0 unspecified atom stereocenters. The van der Waals surface area contributed by atoms with Crippen LogP contribution in [0.3, 0.4) is 0 Å². The Morgan fingerprint density at radius 2 is 1.91 bits per heavy atom. The fraction of sp³-hybridized carbons (Fsp3) is 0.133. The van der Waals surface area contributed by atoms with Crippen LogP contribution in [0.15, 0.2) is 39.3 Å². The van der Waals surface area contributed by atoms with Crippen LogP contribution in [0.4, 0.5) is 5.69 Å². The average Bonchev–Trinajstić information content (AvgIpc) is 2.47. The lowest BCUT2D eigenvalue weighted by atomic mass is 10.2. The molecular weight excluding hydrogens is 437 g/mol. The summed E-state index contributed by atoms with van der Waals surface area (Å²) in [4.78, 5) is 12.2. The van der Waals surface area contributed by atoms with Crippen molar-refractivity contribution in [2.45, 2.75) is 6.92 Å². The number of rotatable bonds is 4. The third-order valence-electron chi connectivity index (χ3n) is 2.77. The molecule has 0 aliphatic carbocycles. The molecule has 0 atom stereocenters. The molecule has 0 saturated carbocycles. The minimum absolute atomic E-state index is 0.0714. The summed E-state index contributed by atoms with van der Waals surface area (Å²) in [6.07, 6.45) is 0. The summed E-state index contributed by atoms with van der Waals surface area (Å²) < 4.78 is 6.28. The number of amides is 1. The Labute approximate surface area is 149 Å². The summed E-state index contributed by atoms with van der Waals surface area (Å²) >= 11 is 12.5. The monoisotopic (exact) mass is 447 g/mol. The number of carbonyl (C=O) groups is 1.